The minimum atomic E-state index is -1.02. The fraction of sp³-hybridized carbons (Fsp3) is 0.600. The predicted octanol–water partition coefficient (Wildman–Crippen LogP) is 3.37. The molecule has 1 unspecified atom stereocenters. The van der Waals surface area contributed by atoms with Gasteiger partial charge >= 0.3 is 0 Å². The van der Waals surface area contributed by atoms with Gasteiger partial charge in [-0.2, -0.15) is 0 Å². The molecule has 98 valence electrons. The van der Waals surface area contributed by atoms with E-state index in [1.165, 1.54) is 5.57 Å². The molecule has 0 radical (unpaired) electrons. The Morgan fingerprint density at radius 2 is 1.94 bits per heavy atom. The highest BCUT2D eigenvalue weighted by molar-refractivity contribution is 5.12. The molecule has 17 heavy (non-hydrogen) atoms. The minimum Gasteiger partial charge on any atom is -0.390 e. The van der Waals surface area contributed by atoms with Crippen LogP contribution in [0.15, 0.2) is 36.5 Å². The summed E-state index contributed by atoms with van der Waals surface area (Å²) in [4.78, 5) is 0. The van der Waals surface area contributed by atoms with Gasteiger partial charge in [-0.3, -0.25) is 0 Å². The third kappa shape index (κ3) is 7.94. The maximum Gasteiger partial charge on any atom is 0.0849 e. The van der Waals surface area contributed by atoms with Crippen LogP contribution in [0.25, 0.3) is 0 Å². The van der Waals surface area contributed by atoms with Gasteiger partial charge in [0.05, 0.1) is 11.7 Å². The largest absolute Gasteiger partial charge is 0.390 e. The summed E-state index contributed by atoms with van der Waals surface area (Å²) in [5.41, 5.74) is 1.27. The number of aliphatic hydroxyl groups is 2. The zero-order chi connectivity index (χ0) is 13.5. The van der Waals surface area contributed by atoms with Crippen LogP contribution in [0.2, 0.25) is 0 Å². The van der Waals surface area contributed by atoms with Gasteiger partial charge in [-0.25, -0.2) is 0 Å². The molecule has 0 aliphatic heterocycles. The monoisotopic (exact) mass is 238 g/mol. The van der Waals surface area contributed by atoms with Crippen LogP contribution in [-0.4, -0.2) is 21.9 Å². The summed E-state index contributed by atoms with van der Waals surface area (Å²) in [6.45, 7) is 12.8. The first-order chi connectivity index (χ1) is 7.77. The molecule has 2 nitrogen and oxygen atoms in total. The topological polar surface area (TPSA) is 40.5 Å². The molecule has 0 amide bonds. The second-order valence-electron chi connectivity index (χ2n) is 5.16. The molecule has 2 heteroatoms. The van der Waals surface area contributed by atoms with E-state index in [1.807, 2.05) is 6.92 Å². The van der Waals surface area contributed by atoms with Crippen molar-refractivity contribution < 1.29 is 10.2 Å². The summed E-state index contributed by atoms with van der Waals surface area (Å²) in [6.07, 6.45) is 6.55. The molecule has 0 saturated heterocycles. The summed E-state index contributed by atoms with van der Waals surface area (Å²) in [7, 11) is 0. The van der Waals surface area contributed by atoms with Crippen LogP contribution in [0.4, 0.5) is 0 Å². The Kier molecular flexibility index (Phi) is 7.09. The number of hydrogen-bond acceptors (Lipinski definition) is 2. The van der Waals surface area contributed by atoms with Gasteiger partial charge in [0.25, 0.3) is 0 Å². The average Bonchev–Trinajstić information content (AvgIpc) is 2.24. The second-order valence-corrected chi connectivity index (χ2v) is 5.16. The number of allylic oxidation sites excluding steroid dienone is 4. The zero-order valence-corrected chi connectivity index (χ0v) is 11.4. The van der Waals surface area contributed by atoms with Crippen LogP contribution in [0, 0.1) is 0 Å². The van der Waals surface area contributed by atoms with Crippen LogP contribution < -0.4 is 0 Å². The number of aliphatic hydroxyl groups excluding tert-OH is 1. The molecule has 0 spiro atoms. The molecular formula is C15H26O2. The quantitative estimate of drug-likeness (QED) is 0.503. The summed E-state index contributed by atoms with van der Waals surface area (Å²) in [5, 5.41) is 19.3. The first-order valence-corrected chi connectivity index (χ1v) is 6.13. The van der Waals surface area contributed by atoms with Crippen molar-refractivity contribution in [3.05, 3.63) is 36.5 Å². The van der Waals surface area contributed by atoms with E-state index < -0.39 is 11.7 Å². The van der Waals surface area contributed by atoms with E-state index in [0.717, 1.165) is 24.8 Å². The summed E-state index contributed by atoms with van der Waals surface area (Å²) in [5.74, 6) is 0. The van der Waals surface area contributed by atoms with Crippen molar-refractivity contribution >= 4 is 0 Å². The second kappa shape index (κ2) is 7.46. The Bertz CT molecular complexity index is 282. The SMILES string of the molecule is C=CC(=C)CCC=C(C)CCC(O)C(C)(C)O. The molecule has 0 aromatic carbocycles. The average molecular weight is 238 g/mol. The summed E-state index contributed by atoms with van der Waals surface area (Å²) in [6, 6.07) is 0. The maximum atomic E-state index is 9.68. The molecule has 0 fully saturated rings. The van der Waals surface area contributed by atoms with Crippen molar-refractivity contribution in [2.75, 3.05) is 0 Å². The van der Waals surface area contributed by atoms with Gasteiger partial charge in [-0.15, -0.1) is 0 Å². The van der Waals surface area contributed by atoms with E-state index in [0.29, 0.717) is 6.42 Å². The third-order valence-corrected chi connectivity index (χ3v) is 2.87. The highest BCUT2D eigenvalue weighted by Crippen LogP contribution is 2.17. The van der Waals surface area contributed by atoms with E-state index in [9.17, 15) is 10.2 Å². The van der Waals surface area contributed by atoms with Crippen molar-refractivity contribution in [3.8, 4) is 0 Å². The highest BCUT2D eigenvalue weighted by Gasteiger charge is 2.23. The van der Waals surface area contributed by atoms with E-state index in [-0.39, 0.29) is 0 Å². The molecule has 0 aromatic heterocycles. The van der Waals surface area contributed by atoms with Gasteiger partial charge in [0.1, 0.15) is 0 Å². The van der Waals surface area contributed by atoms with E-state index in [2.05, 4.69) is 19.2 Å². The molecule has 0 aliphatic carbocycles. The lowest BCUT2D eigenvalue weighted by Gasteiger charge is -2.24. The van der Waals surface area contributed by atoms with Crippen molar-refractivity contribution in [2.45, 2.75) is 58.2 Å². The fourth-order valence-electron chi connectivity index (χ4n) is 1.43. The fourth-order valence-corrected chi connectivity index (χ4v) is 1.43. The van der Waals surface area contributed by atoms with Crippen molar-refractivity contribution in [1.82, 2.24) is 0 Å². The lowest BCUT2D eigenvalue weighted by Crippen LogP contribution is -2.35. The third-order valence-electron chi connectivity index (χ3n) is 2.87. The molecule has 0 aromatic rings. The summed E-state index contributed by atoms with van der Waals surface area (Å²) >= 11 is 0. The molecule has 0 saturated carbocycles. The lowest BCUT2D eigenvalue weighted by atomic mass is 9.95. The number of rotatable bonds is 8. The van der Waals surface area contributed by atoms with Crippen molar-refractivity contribution in [1.29, 1.82) is 0 Å². The predicted molar refractivity (Wildman–Crippen MR) is 73.9 cm³/mol. The zero-order valence-electron chi connectivity index (χ0n) is 11.4. The molecule has 0 bridgehead atoms. The Balaban J connectivity index is 3.93. The van der Waals surface area contributed by atoms with Crippen LogP contribution in [0.1, 0.15) is 46.5 Å². The van der Waals surface area contributed by atoms with Crippen LogP contribution in [0.3, 0.4) is 0 Å². The van der Waals surface area contributed by atoms with E-state index in [4.69, 9.17) is 0 Å². The van der Waals surface area contributed by atoms with Crippen molar-refractivity contribution in [2.24, 2.45) is 0 Å². The lowest BCUT2D eigenvalue weighted by molar-refractivity contribution is -0.0509. The van der Waals surface area contributed by atoms with Crippen molar-refractivity contribution in [3.63, 3.8) is 0 Å². The summed E-state index contributed by atoms with van der Waals surface area (Å²) < 4.78 is 0. The van der Waals surface area contributed by atoms with Gasteiger partial charge in [0.2, 0.25) is 0 Å². The first-order valence-electron chi connectivity index (χ1n) is 6.13. The highest BCUT2D eigenvalue weighted by atomic mass is 16.3. The van der Waals surface area contributed by atoms with E-state index in [1.54, 1.807) is 19.9 Å². The number of hydrogen-bond donors (Lipinski definition) is 2. The smallest absolute Gasteiger partial charge is 0.0849 e. The van der Waals surface area contributed by atoms with Gasteiger partial charge in [-0.05, 0) is 46.5 Å². The normalized spacial score (nSPS) is 14.5. The van der Waals surface area contributed by atoms with Crippen LogP contribution >= 0.6 is 0 Å². The molecule has 0 aliphatic rings. The minimum absolute atomic E-state index is 0.592. The Hall–Kier alpha value is -0.860. The Morgan fingerprint density at radius 1 is 1.35 bits per heavy atom. The first kappa shape index (κ1) is 16.1. The molecule has 2 N–H and O–H groups in total. The van der Waals surface area contributed by atoms with Gasteiger partial charge in [-0.1, -0.05) is 36.5 Å². The molecule has 0 heterocycles. The van der Waals surface area contributed by atoms with Gasteiger partial charge in [0.15, 0.2) is 0 Å². The molecule has 0 rings (SSSR count). The molecule has 1 atom stereocenters. The Morgan fingerprint density at radius 3 is 2.41 bits per heavy atom. The standard InChI is InChI=1S/C15H26O2/c1-6-12(2)8-7-9-13(3)10-11-14(16)15(4,5)17/h6,9,14,16-17H,1-2,7-8,10-11H2,3-5H3. The van der Waals surface area contributed by atoms with Gasteiger partial charge in [0, 0.05) is 0 Å². The van der Waals surface area contributed by atoms with Crippen LogP contribution in [-0.2, 0) is 0 Å². The van der Waals surface area contributed by atoms with Gasteiger partial charge < -0.3 is 10.2 Å². The van der Waals surface area contributed by atoms with E-state index >= 15 is 0 Å². The Labute approximate surface area is 105 Å². The van der Waals surface area contributed by atoms with Crippen LogP contribution in [0.5, 0.6) is 0 Å². The molecular weight excluding hydrogens is 212 g/mol. The maximum absolute atomic E-state index is 9.68.